The van der Waals surface area contributed by atoms with Crippen LogP contribution in [0.4, 0.5) is 5.69 Å². The molecule has 2 nitrogen and oxygen atoms in total. The molecule has 2 heteroatoms. The number of piperazine rings is 1. The summed E-state index contributed by atoms with van der Waals surface area (Å²) >= 11 is 0. The minimum Gasteiger partial charge on any atom is -0.366 e. The molecule has 1 aromatic carbocycles. The molecule has 0 aliphatic carbocycles. The molecule has 2 unspecified atom stereocenters. The summed E-state index contributed by atoms with van der Waals surface area (Å²) in [6.07, 6.45) is 0. The van der Waals surface area contributed by atoms with E-state index in [0.717, 1.165) is 13.1 Å². The minimum absolute atomic E-state index is 0.580. The molecule has 0 aromatic heterocycles. The number of rotatable bonds is 1. The summed E-state index contributed by atoms with van der Waals surface area (Å²) in [6.45, 7) is 11.1. The predicted molar refractivity (Wildman–Crippen MR) is 70.2 cm³/mol. The molecule has 2 rings (SSSR count). The Morgan fingerprint density at radius 3 is 2.75 bits per heavy atom. The van der Waals surface area contributed by atoms with Crippen LogP contribution in [0.1, 0.15) is 25.0 Å². The van der Waals surface area contributed by atoms with E-state index in [1.165, 1.54) is 16.8 Å². The first-order valence-corrected chi connectivity index (χ1v) is 6.15. The molecule has 0 bridgehead atoms. The molecule has 1 aromatic rings. The first-order valence-electron chi connectivity index (χ1n) is 6.15. The molecular formula is C14H22N2. The second-order valence-electron chi connectivity index (χ2n) is 5.10. The minimum atomic E-state index is 0.580. The van der Waals surface area contributed by atoms with Crippen molar-refractivity contribution < 1.29 is 0 Å². The zero-order valence-electron chi connectivity index (χ0n) is 10.7. The second kappa shape index (κ2) is 4.46. The lowest BCUT2D eigenvalue weighted by atomic mass is 10.1. The molecule has 16 heavy (non-hydrogen) atoms. The highest BCUT2D eigenvalue weighted by atomic mass is 15.2. The van der Waals surface area contributed by atoms with Gasteiger partial charge >= 0.3 is 0 Å². The maximum absolute atomic E-state index is 3.52. The molecule has 0 radical (unpaired) electrons. The lowest BCUT2D eigenvalue weighted by Crippen LogP contribution is -2.54. The van der Waals surface area contributed by atoms with Gasteiger partial charge in [-0.15, -0.1) is 0 Å². The molecule has 1 aliphatic heterocycles. The third kappa shape index (κ3) is 2.22. The van der Waals surface area contributed by atoms with Crippen molar-refractivity contribution in [1.29, 1.82) is 0 Å². The Balaban J connectivity index is 2.30. The molecule has 1 saturated heterocycles. The summed E-state index contributed by atoms with van der Waals surface area (Å²) < 4.78 is 0. The van der Waals surface area contributed by atoms with Crippen LogP contribution in [0.2, 0.25) is 0 Å². The number of benzene rings is 1. The van der Waals surface area contributed by atoms with Gasteiger partial charge in [-0.2, -0.15) is 0 Å². The van der Waals surface area contributed by atoms with Gasteiger partial charge in [0.2, 0.25) is 0 Å². The van der Waals surface area contributed by atoms with Crippen molar-refractivity contribution >= 4 is 5.69 Å². The first-order chi connectivity index (χ1) is 7.58. The van der Waals surface area contributed by atoms with Crippen molar-refractivity contribution in [1.82, 2.24) is 5.32 Å². The number of nitrogens with zero attached hydrogens (tertiary/aromatic N) is 1. The summed E-state index contributed by atoms with van der Waals surface area (Å²) in [5.41, 5.74) is 4.13. The average molecular weight is 218 g/mol. The standard InChI is InChI=1S/C14H22N2/c1-10-5-6-11(2)14(7-10)16-9-12(3)15-8-13(16)4/h5-7,12-13,15H,8-9H2,1-4H3. The van der Waals surface area contributed by atoms with Crippen molar-refractivity contribution in [2.75, 3.05) is 18.0 Å². The van der Waals surface area contributed by atoms with Gasteiger partial charge in [0.1, 0.15) is 0 Å². The van der Waals surface area contributed by atoms with Gasteiger partial charge in [-0.05, 0) is 44.9 Å². The molecule has 0 spiro atoms. The van der Waals surface area contributed by atoms with Crippen LogP contribution in [0.15, 0.2) is 18.2 Å². The van der Waals surface area contributed by atoms with Crippen LogP contribution in [0, 0.1) is 13.8 Å². The number of aryl methyl sites for hydroxylation is 2. The van der Waals surface area contributed by atoms with Gasteiger partial charge in [0.25, 0.3) is 0 Å². The molecule has 1 heterocycles. The Morgan fingerprint density at radius 2 is 2.00 bits per heavy atom. The van der Waals surface area contributed by atoms with E-state index in [4.69, 9.17) is 0 Å². The molecule has 88 valence electrons. The number of hydrogen-bond acceptors (Lipinski definition) is 2. The van der Waals surface area contributed by atoms with E-state index < -0.39 is 0 Å². The number of nitrogens with one attached hydrogen (secondary N) is 1. The maximum atomic E-state index is 3.52. The second-order valence-corrected chi connectivity index (χ2v) is 5.10. The lowest BCUT2D eigenvalue weighted by molar-refractivity contribution is 0.424. The Bertz CT molecular complexity index is 373. The van der Waals surface area contributed by atoms with Crippen LogP contribution in [-0.4, -0.2) is 25.2 Å². The quantitative estimate of drug-likeness (QED) is 0.779. The molecule has 1 fully saturated rings. The maximum Gasteiger partial charge on any atom is 0.0401 e. The highest BCUT2D eigenvalue weighted by Gasteiger charge is 2.23. The summed E-state index contributed by atoms with van der Waals surface area (Å²) in [5, 5.41) is 3.52. The van der Waals surface area contributed by atoms with Crippen molar-refractivity contribution in [2.24, 2.45) is 0 Å². The normalized spacial score (nSPS) is 25.9. The fourth-order valence-corrected chi connectivity index (χ4v) is 2.39. The van der Waals surface area contributed by atoms with E-state index in [9.17, 15) is 0 Å². The van der Waals surface area contributed by atoms with Gasteiger partial charge in [0.05, 0.1) is 0 Å². The number of anilines is 1. The Kier molecular flexibility index (Phi) is 3.20. The molecule has 1 N–H and O–H groups in total. The summed E-state index contributed by atoms with van der Waals surface area (Å²) in [4.78, 5) is 2.53. The fourth-order valence-electron chi connectivity index (χ4n) is 2.39. The van der Waals surface area contributed by atoms with Gasteiger partial charge < -0.3 is 10.2 Å². The lowest BCUT2D eigenvalue weighted by Gasteiger charge is -2.40. The van der Waals surface area contributed by atoms with E-state index in [1.54, 1.807) is 0 Å². The summed E-state index contributed by atoms with van der Waals surface area (Å²) in [5.74, 6) is 0. The Labute approximate surface area is 98.7 Å². The van der Waals surface area contributed by atoms with Gasteiger partial charge in [-0.25, -0.2) is 0 Å². The van der Waals surface area contributed by atoms with Crippen molar-refractivity contribution in [3.63, 3.8) is 0 Å². The fraction of sp³-hybridized carbons (Fsp3) is 0.571. The van der Waals surface area contributed by atoms with Gasteiger partial charge in [0.15, 0.2) is 0 Å². The highest BCUT2D eigenvalue weighted by Crippen LogP contribution is 2.25. The third-order valence-corrected chi connectivity index (χ3v) is 3.44. The smallest absolute Gasteiger partial charge is 0.0401 e. The van der Waals surface area contributed by atoms with E-state index >= 15 is 0 Å². The van der Waals surface area contributed by atoms with Crippen molar-refractivity contribution in [3.05, 3.63) is 29.3 Å². The SMILES string of the molecule is Cc1ccc(C)c(N2CC(C)NCC2C)c1. The Morgan fingerprint density at radius 1 is 1.25 bits per heavy atom. The van der Waals surface area contributed by atoms with Crippen LogP contribution in [-0.2, 0) is 0 Å². The van der Waals surface area contributed by atoms with E-state index in [0.29, 0.717) is 12.1 Å². The molecular weight excluding hydrogens is 196 g/mol. The van der Waals surface area contributed by atoms with Crippen molar-refractivity contribution in [2.45, 2.75) is 39.8 Å². The average Bonchev–Trinajstić information content (AvgIpc) is 2.25. The molecule has 0 saturated carbocycles. The van der Waals surface area contributed by atoms with E-state index in [2.05, 4.69) is 56.1 Å². The Hall–Kier alpha value is -1.02. The van der Waals surface area contributed by atoms with Gasteiger partial charge in [0, 0.05) is 30.9 Å². The topological polar surface area (TPSA) is 15.3 Å². The first kappa shape index (κ1) is 11.5. The molecule has 2 atom stereocenters. The van der Waals surface area contributed by atoms with Crippen LogP contribution in [0.25, 0.3) is 0 Å². The van der Waals surface area contributed by atoms with Crippen LogP contribution in [0.5, 0.6) is 0 Å². The largest absolute Gasteiger partial charge is 0.366 e. The van der Waals surface area contributed by atoms with Crippen molar-refractivity contribution in [3.8, 4) is 0 Å². The van der Waals surface area contributed by atoms with E-state index in [-0.39, 0.29) is 0 Å². The predicted octanol–water partition coefficient (Wildman–Crippen LogP) is 2.49. The zero-order chi connectivity index (χ0) is 11.7. The highest BCUT2D eigenvalue weighted by molar-refractivity contribution is 5.56. The number of hydrogen-bond donors (Lipinski definition) is 1. The zero-order valence-corrected chi connectivity index (χ0v) is 10.7. The van der Waals surface area contributed by atoms with Crippen LogP contribution in [0.3, 0.4) is 0 Å². The molecule has 0 amide bonds. The van der Waals surface area contributed by atoms with E-state index in [1.807, 2.05) is 0 Å². The summed E-state index contributed by atoms with van der Waals surface area (Å²) in [6, 6.07) is 7.89. The van der Waals surface area contributed by atoms with Gasteiger partial charge in [-0.1, -0.05) is 12.1 Å². The monoisotopic (exact) mass is 218 g/mol. The van der Waals surface area contributed by atoms with Crippen LogP contribution < -0.4 is 10.2 Å². The van der Waals surface area contributed by atoms with Crippen LogP contribution >= 0.6 is 0 Å². The van der Waals surface area contributed by atoms with Gasteiger partial charge in [-0.3, -0.25) is 0 Å². The molecule has 1 aliphatic rings. The summed E-state index contributed by atoms with van der Waals surface area (Å²) in [7, 11) is 0. The third-order valence-electron chi connectivity index (χ3n) is 3.44.